The van der Waals surface area contributed by atoms with Crippen LogP contribution in [0, 0.1) is 0 Å². The molecule has 2 nitrogen and oxygen atoms in total. The third-order valence-electron chi connectivity index (χ3n) is 5.68. The van der Waals surface area contributed by atoms with E-state index in [1.807, 2.05) is 0 Å². The van der Waals surface area contributed by atoms with Gasteiger partial charge in [-0.2, -0.15) is 0 Å². The highest BCUT2D eigenvalue weighted by Crippen LogP contribution is 2.36. The Labute approximate surface area is 178 Å². The lowest BCUT2D eigenvalue weighted by Gasteiger charge is -2.43. The van der Waals surface area contributed by atoms with Crippen LogP contribution in [0.5, 0.6) is 0 Å². The molecule has 0 aliphatic rings. The first-order valence-electron chi connectivity index (χ1n) is 10.9. The lowest BCUT2D eigenvalue weighted by atomic mass is 10.0. The van der Waals surface area contributed by atoms with Crippen molar-refractivity contribution < 1.29 is 9.53 Å². The number of hydrogen-bond acceptors (Lipinski definition) is 2. The SMILES string of the molecule is C=C(CCCC)C(O)CCCO[Si](c1ccccc1)(c1ccccc1)C(C)(C)C. The lowest BCUT2D eigenvalue weighted by Crippen LogP contribution is -2.66. The third-order valence-corrected chi connectivity index (χ3v) is 10.7. The topological polar surface area (TPSA) is 29.5 Å². The van der Waals surface area contributed by atoms with Gasteiger partial charge < -0.3 is 9.53 Å². The largest absolute Gasteiger partial charge is 0.407 e. The molecule has 0 saturated heterocycles. The summed E-state index contributed by atoms with van der Waals surface area (Å²) in [7, 11) is -2.47. The van der Waals surface area contributed by atoms with E-state index in [4.69, 9.17) is 4.43 Å². The van der Waals surface area contributed by atoms with E-state index in [9.17, 15) is 5.11 Å². The van der Waals surface area contributed by atoms with E-state index in [0.29, 0.717) is 13.0 Å². The van der Waals surface area contributed by atoms with Crippen LogP contribution >= 0.6 is 0 Å². The van der Waals surface area contributed by atoms with E-state index in [-0.39, 0.29) is 5.04 Å². The van der Waals surface area contributed by atoms with Crippen molar-refractivity contribution in [1.82, 2.24) is 0 Å². The fourth-order valence-electron chi connectivity index (χ4n) is 4.04. The Morgan fingerprint density at radius 3 is 1.93 bits per heavy atom. The van der Waals surface area contributed by atoms with Crippen LogP contribution in [0.15, 0.2) is 72.8 Å². The predicted octanol–water partition coefficient (Wildman–Crippen LogP) is 5.45. The molecule has 29 heavy (non-hydrogen) atoms. The molecule has 0 aliphatic heterocycles. The number of unbranched alkanes of at least 4 members (excludes halogenated alkanes) is 1. The molecular formula is C26H38O2Si. The van der Waals surface area contributed by atoms with Crippen molar-refractivity contribution in [3.05, 3.63) is 72.8 Å². The summed E-state index contributed by atoms with van der Waals surface area (Å²) in [6, 6.07) is 21.4. The van der Waals surface area contributed by atoms with Crippen LogP contribution in [0.4, 0.5) is 0 Å². The van der Waals surface area contributed by atoms with Gasteiger partial charge in [-0.15, -0.1) is 0 Å². The summed E-state index contributed by atoms with van der Waals surface area (Å²) in [5.74, 6) is 0. The molecule has 1 N–H and O–H groups in total. The first-order chi connectivity index (χ1) is 13.8. The molecule has 0 spiro atoms. The van der Waals surface area contributed by atoms with E-state index >= 15 is 0 Å². The van der Waals surface area contributed by atoms with E-state index < -0.39 is 14.4 Å². The Hall–Kier alpha value is -1.68. The molecule has 1 unspecified atom stereocenters. The van der Waals surface area contributed by atoms with Crippen molar-refractivity contribution in [1.29, 1.82) is 0 Å². The van der Waals surface area contributed by atoms with Crippen molar-refractivity contribution >= 4 is 18.7 Å². The second kappa shape index (κ2) is 10.9. The monoisotopic (exact) mass is 410 g/mol. The van der Waals surface area contributed by atoms with Gasteiger partial charge in [0, 0.05) is 6.61 Å². The normalized spacial score (nSPS) is 13.3. The molecule has 0 amide bonds. The van der Waals surface area contributed by atoms with Crippen molar-refractivity contribution in [2.45, 2.75) is 70.9 Å². The number of benzene rings is 2. The summed E-state index contributed by atoms with van der Waals surface area (Å²) in [5, 5.41) is 13.0. The quantitative estimate of drug-likeness (QED) is 0.303. The number of rotatable bonds is 11. The number of hydrogen-bond donors (Lipinski definition) is 1. The number of aliphatic hydroxyl groups is 1. The zero-order valence-corrected chi connectivity index (χ0v) is 19.7. The molecule has 0 aromatic heterocycles. The molecule has 158 valence electrons. The minimum absolute atomic E-state index is 0.0148. The van der Waals surface area contributed by atoms with Gasteiger partial charge in [0.15, 0.2) is 0 Å². The minimum atomic E-state index is -2.47. The van der Waals surface area contributed by atoms with Crippen molar-refractivity contribution in [2.75, 3.05) is 6.61 Å². The molecule has 2 aromatic carbocycles. The van der Waals surface area contributed by atoms with Gasteiger partial charge in [0.2, 0.25) is 0 Å². The predicted molar refractivity (Wildman–Crippen MR) is 127 cm³/mol. The van der Waals surface area contributed by atoms with E-state index in [1.54, 1.807) is 0 Å². The standard InChI is InChI=1S/C26H38O2Si/c1-6-7-15-22(2)25(27)20-14-21-28-29(26(3,4)5,23-16-10-8-11-17-23)24-18-12-9-13-19-24/h8-13,16-19,25,27H,2,6-7,14-15,20-21H2,1,3-5H3. The minimum Gasteiger partial charge on any atom is -0.407 e. The zero-order chi connectivity index (χ0) is 21.3. The molecule has 2 aromatic rings. The third kappa shape index (κ3) is 5.91. The molecule has 1 atom stereocenters. The maximum absolute atomic E-state index is 10.4. The van der Waals surface area contributed by atoms with Crippen LogP contribution in [0.2, 0.25) is 5.04 Å². The fourth-order valence-corrected chi connectivity index (χ4v) is 8.64. The van der Waals surface area contributed by atoms with Gasteiger partial charge in [-0.25, -0.2) is 0 Å². The van der Waals surface area contributed by atoms with Gasteiger partial charge in [-0.05, 0) is 46.7 Å². The highest BCUT2D eigenvalue weighted by molar-refractivity contribution is 6.99. The molecule has 0 fully saturated rings. The van der Waals surface area contributed by atoms with Crippen LogP contribution in [-0.4, -0.2) is 26.1 Å². The molecular weight excluding hydrogens is 372 g/mol. The van der Waals surface area contributed by atoms with Crippen LogP contribution in [-0.2, 0) is 4.43 Å². The van der Waals surface area contributed by atoms with E-state index in [0.717, 1.165) is 31.3 Å². The Bertz CT molecular complexity index is 695. The average Bonchev–Trinajstić information content (AvgIpc) is 2.72. The molecule has 2 rings (SSSR count). The molecule has 3 heteroatoms. The average molecular weight is 411 g/mol. The summed E-state index contributed by atoms with van der Waals surface area (Å²) in [6.45, 7) is 13.8. The lowest BCUT2D eigenvalue weighted by molar-refractivity contribution is 0.179. The summed E-state index contributed by atoms with van der Waals surface area (Å²) >= 11 is 0. The molecule has 0 saturated carbocycles. The Morgan fingerprint density at radius 1 is 0.966 bits per heavy atom. The summed E-state index contributed by atoms with van der Waals surface area (Å²) in [6.07, 6.45) is 4.24. The molecule has 0 heterocycles. The first-order valence-corrected chi connectivity index (χ1v) is 12.8. The Kier molecular flexibility index (Phi) is 8.88. The van der Waals surface area contributed by atoms with Crippen molar-refractivity contribution in [3.8, 4) is 0 Å². The van der Waals surface area contributed by atoms with Crippen LogP contribution in [0.25, 0.3) is 0 Å². The second-order valence-corrected chi connectivity index (χ2v) is 13.2. The fraction of sp³-hybridized carbons (Fsp3) is 0.462. The first kappa shape index (κ1) is 23.6. The number of aliphatic hydroxyl groups excluding tert-OH is 1. The Balaban J connectivity index is 2.20. The Morgan fingerprint density at radius 2 is 1.48 bits per heavy atom. The summed E-state index contributed by atoms with van der Waals surface area (Å²) in [5.41, 5.74) is 0.956. The van der Waals surface area contributed by atoms with Crippen molar-refractivity contribution in [2.24, 2.45) is 0 Å². The van der Waals surface area contributed by atoms with Crippen molar-refractivity contribution in [3.63, 3.8) is 0 Å². The molecule has 0 bridgehead atoms. The van der Waals surface area contributed by atoms with Gasteiger partial charge >= 0.3 is 0 Å². The van der Waals surface area contributed by atoms with Crippen LogP contribution in [0.1, 0.15) is 59.8 Å². The van der Waals surface area contributed by atoms with E-state index in [2.05, 4.69) is 94.9 Å². The van der Waals surface area contributed by atoms with Gasteiger partial charge in [-0.1, -0.05) is 101 Å². The van der Waals surface area contributed by atoms with Crippen LogP contribution < -0.4 is 10.4 Å². The van der Waals surface area contributed by atoms with Gasteiger partial charge in [0.1, 0.15) is 0 Å². The molecule has 0 radical (unpaired) electrons. The zero-order valence-electron chi connectivity index (χ0n) is 18.7. The van der Waals surface area contributed by atoms with Gasteiger partial charge in [0.25, 0.3) is 8.32 Å². The smallest absolute Gasteiger partial charge is 0.261 e. The van der Waals surface area contributed by atoms with Crippen LogP contribution in [0.3, 0.4) is 0 Å². The van der Waals surface area contributed by atoms with Gasteiger partial charge in [-0.3, -0.25) is 0 Å². The maximum Gasteiger partial charge on any atom is 0.261 e. The van der Waals surface area contributed by atoms with Gasteiger partial charge in [0.05, 0.1) is 6.10 Å². The maximum atomic E-state index is 10.4. The second-order valence-electron chi connectivity index (χ2n) is 8.93. The van der Waals surface area contributed by atoms with E-state index in [1.165, 1.54) is 10.4 Å². The highest BCUT2D eigenvalue weighted by Gasteiger charge is 2.49. The summed E-state index contributed by atoms with van der Waals surface area (Å²) in [4.78, 5) is 0. The summed E-state index contributed by atoms with van der Waals surface area (Å²) < 4.78 is 6.88. The molecule has 0 aliphatic carbocycles. The highest BCUT2D eigenvalue weighted by atomic mass is 28.4.